The molecule has 4 saturated carbocycles. The minimum atomic E-state index is -0.727. The fraction of sp³-hybridized carbons (Fsp3) is 0.958. The highest BCUT2D eigenvalue weighted by Gasteiger charge is 2.65. The summed E-state index contributed by atoms with van der Waals surface area (Å²) >= 11 is 0. The van der Waals surface area contributed by atoms with Gasteiger partial charge in [-0.3, -0.25) is 4.79 Å². The number of hydrogen-bond acceptors (Lipinski definition) is 4. The van der Waals surface area contributed by atoms with Crippen molar-refractivity contribution in [2.45, 2.75) is 97.2 Å². The molecule has 0 aromatic carbocycles. The van der Waals surface area contributed by atoms with Crippen LogP contribution in [-0.2, 0) is 4.79 Å². The highest BCUT2D eigenvalue weighted by Crippen LogP contribution is 2.68. The zero-order valence-electron chi connectivity index (χ0n) is 18.6. The van der Waals surface area contributed by atoms with Crippen molar-refractivity contribution < 1.29 is 20.1 Å². The van der Waals surface area contributed by atoms with Crippen LogP contribution in [0.3, 0.4) is 0 Å². The topological polar surface area (TPSA) is 113 Å². The van der Waals surface area contributed by atoms with Gasteiger partial charge in [0.05, 0.1) is 12.2 Å². The minimum Gasteiger partial charge on any atom is -0.481 e. The van der Waals surface area contributed by atoms with Gasteiger partial charge in [-0.1, -0.05) is 33.6 Å². The molecule has 4 aliphatic carbocycles. The van der Waals surface area contributed by atoms with Gasteiger partial charge in [-0.2, -0.15) is 0 Å². The van der Waals surface area contributed by atoms with Gasteiger partial charge in [0.15, 0.2) is 0 Å². The number of carbonyl (C=O) groups is 1. The summed E-state index contributed by atoms with van der Waals surface area (Å²) in [4.78, 5) is 11.1. The summed E-state index contributed by atoms with van der Waals surface area (Å²) in [6.45, 7) is 6.89. The average Bonchev–Trinajstić information content (AvgIpc) is 3.00. The van der Waals surface area contributed by atoms with Crippen molar-refractivity contribution in [1.29, 1.82) is 0 Å². The van der Waals surface area contributed by atoms with Gasteiger partial charge in [0.2, 0.25) is 0 Å². The molecule has 5 nitrogen and oxygen atoms in total. The summed E-state index contributed by atoms with van der Waals surface area (Å²) < 4.78 is 0. The van der Waals surface area contributed by atoms with E-state index in [1.807, 2.05) is 0 Å². The number of fused-ring (bicyclic) bond motifs is 5. The first-order valence-corrected chi connectivity index (χ1v) is 11.8. The van der Waals surface area contributed by atoms with Gasteiger partial charge in [0.25, 0.3) is 0 Å². The number of carboxylic acid groups (broad SMARTS) is 1. The molecule has 6 N–H and O–H groups in total. The maximum atomic E-state index is 11.5. The van der Waals surface area contributed by atoms with Gasteiger partial charge in [0.1, 0.15) is 0 Å². The fourth-order valence-corrected chi connectivity index (χ4v) is 8.74. The molecule has 10 unspecified atom stereocenters. The van der Waals surface area contributed by atoms with Crippen LogP contribution >= 0.6 is 0 Å². The van der Waals surface area contributed by atoms with Crippen molar-refractivity contribution in [2.24, 2.45) is 46.3 Å². The van der Waals surface area contributed by atoms with Crippen LogP contribution in [0.5, 0.6) is 0 Å². The molecule has 29 heavy (non-hydrogen) atoms. The lowest BCUT2D eigenvalue weighted by Gasteiger charge is -2.63. The van der Waals surface area contributed by atoms with E-state index in [4.69, 9.17) is 5.11 Å². The third kappa shape index (κ3) is 3.45. The minimum absolute atomic E-state index is 0. The molecule has 0 radical (unpaired) electrons. The van der Waals surface area contributed by atoms with Crippen LogP contribution in [0.4, 0.5) is 0 Å². The lowest BCUT2D eigenvalue weighted by Crippen LogP contribution is -2.61. The first kappa shape index (κ1) is 23.0. The van der Waals surface area contributed by atoms with E-state index in [-0.39, 0.29) is 35.6 Å². The average molecular weight is 410 g/mol. The van der Waals surface area contributed by atoms with Crippen LogP contribution in [0.15, 0.2) is 0 Å². The molecule has 0 saturated heterocycles. The van der Waals surface area contributed by atoms with E-state index in [9.17, 15) is 15.0 Å². The molecule has 4 rings (SSSR count). The Labute approximate surface area is 176 Å². The van der Waals surface area contributed by atoms with Crippen LogP contribution in [0.2, 0.25) is 0 Å². The van der Waals surface area contributed by atoms with Crippen LogP contribution in [0.25, 0.3) is 0 Å². The predicted molar refractivity (Wildman–Crippen MR) is 114 cm³/mol. The van der Waals surface area contributed by atoms with Gasteiger partial charge < -0.3 is 21.5 Å². The van der Waals surface area contributed by atoms with Gasteiger partial charge in [0, 0.05) is 6.42 Å². The Kier molecular flexibility index (Phi) is 6.45. The second-order valence-corrected chi connectivity index (χ2v) is 11.3. The maximum absolute atomic E-state index is 11.5. The molecule has 0 spiro atoms. The SMILES string of the molecule is CC(CCC(=O)O)C1CCC2C3C(O)CC4CCCCC4(C)C3CC(O)C12C.N. The first-order chi connectivity index (χ1) is 13.2. The predicted octanol–water partition coefficient (Wildman–Crippen LogP) is 4.64. The summed E-state index contributed by atoms with van der Waals surface area (Å²) in [6, 6.07) is 0. The van der Waals surface area contributed by atoms with Crippen molar-refractivity contribution in [3.63, 3.8) is 0 Å². The summed E-state index contributed by atoms with van der Waals surface area (Å²) in [7, 11) is 0. The molecule has 0 aromatic rings. The Morgan fingerprint density at radius 1 is 1.07 bits per heavy atom. The molecule has 4 aliphatic rings. The van der Waals surface area contributed by atoms with Gasteiger partial charge in [-0.25, -0.2) is 0 Å². The molecule has 10 atom stereocenters. The molecule has 0 aromatic heterocycles. The van der Waals surface area contributed by atoms with E-state index in [2.05, 4.69) is 20.8 Å². The van der Waals surface area contributed by atoms with E-state index < -0.39 is 5.97 Å². The molecule has 168 valence electrons. The van der Waals surface area contributed by atoms with Crippen LogP contribution in [0, 0.1) is 46.3 Å². The van der Waals surface area contributed by atoms with Crippen LogP contribution in [-0.4, -0.2) is 33.5 Å². The quantitative estimate of drug-likeness (QED) is 0.540. The standard InChI is InChI=1S/C24H40O4.H3N/c1-14(7-10-21(27)28)16-8-9-17-22-18(13-20(26)24(16,17)3)23(2)11-5-4-6-15(23)12-19(22)25;/h14-20,22,25-26H,4-13H2,1-3H3,(H,27,28);1H3. The smallest absolute Gasteiger partial charge is 0.303 e. The van der Waals surface area contributed by atoms with E-state index in [1.54, 1.807) is 0 Å². The van der Waals surface area contributed by atoms with Gasteiger partial charge in [-0.05, 0) is 91.3 Å². The molecule has 0 heterocycles. The zero-order chi connectivity index (χ0) is 20.3. The Bertz CT molecular complexity index is 612. The summed E-state index contributed by atoms with van der Waals surface area (Å²) in [5.74, 6) is 1.66. The Morgan fingerprint density at radius 2 is 1.79 bits per heavy atom. The number of aliphatic carboxylic acids is 1. The first-order valence-electron chi connectivity index (χ1n) is 11.8. The second-order valence-electron chi connectivity index (χ2n) is 11.3. The van der Waals surface area contributed by atoms with Crippen molar-refractivity contribution in [2.75, 3.05) is 0 Å². The number of aliphatic hydroxyl groups excluding tert-OH is 2. The van der Waals surface area contributed by atoms with Crippen molar-refractivity contribution in [3.05, 3.63) is 0 Å². The molecule has 0 aliphatic heterocycles. The van der Waals surface area contributed by atoms with E-state index >= 15 is 0 Å². The Morgan fingerprint density at radius 3 is 2.48 bits per heavy atom. The third-order valence-corrected chi connectivity index (χ3v) is 10.3. The van der Waals surface area contributed by atoms with Gasteiger partial charge >= 0.3 is 5.97 Å². The van der Waals surface area contributed by atoms with Crippen molar-refractivity contribution >= 4 is 5.97 Å². The van der Waals surface area contributed by atoms with Gasteiger partial charge in [-0.15, -0.1) is 0 Å². The molecule has 0 bridgehead atoms. The lowest BCUT2D eigenvalue weighted by atomic mass is 9.43. The Hall–Kier alpha value is -0.650. The second kappa shape index (κ2) is 8.12. The Balaban J connectivity index is 0.00000240. The summed E-state index contributed by atoms with van der Waals surface area (Å²) in [5, 5.41) is 31.8. The number of aliphatic hydroxyl groups is 2. The summed E-state index contributed by atoms with van der Waals surface area (Å²) in [6.07, 6.45) is 9.32. The van der Waals surface area contributed by atoms with E-state index in [0.717, 1.165) is 25.7 Å². The number of hydrogen-bond donors (Lipinski definition) is 4. The van der Waals surface area contributed by atoms with Crippen molar-refractivity contribution in [1.82, 2.24) is 6.15 Å². The van der Waals surface area contributed by atoms with Crippen LogP contribution in [0.1, 0.15) is 85.0 Å². The van der Waals surface area contributed by atoms with Crippen LogP contribution < -0.4 is 6.15 Å². The number of carboxylic acids is 1. The molecular weight excluding hydrogens is 366 g/mol. The lowest BCUT2D eigenvalue weighted by molar-refractivity contribution is -0.201. The fourth-order valence-electron chi connectivity index (χ4n) is 8.74. The maximum Gasteiger partial charge on any atom is 0.303 e. The molecule has 4 fully saturated rings. The zero-order valence-corrected chi connectivity index (χ0v) is 18.6. The van der Waals surface area contributed by atoms with E-state index in [0.29, 0.717) is 41.9 Å². The largest absolute Gasteiger partial charge is 0.481 e. The monoisotopic (exact) mass is 409 g/mol. The number of rotatable bonds is 4. The van der Waals surface area contributed by atoms with Crippen molar-refractivity contribution in [3.8, 4) is 0 Å². The molecular formula is C24H43NO4. The normalized spacial score (nSPS) is 49.9. The third-order valence-electron chi connectivity index (χ3n) is 10.3. The molecule has 5 heteroatoms. The highest BCUT2D eigenvalue weighted by atomic mass is 16.4. The highest BCUT2D eigenvalue weighted by molar-refractivity contribution is 5.66. The summed E-state index contributed by atoms with van der Waals surface area (Å²) in [5.41, 5.74) is 0.0927. The van der Waals surface area contributed by atoms with E-state index in [1.165, 1.54) is 25.7 Å². The molecule has 0 amide bonds.